The lowest BCUT2D eigenvalue weighted by Gasteiger charge is -2.24. The zero-order valence-electron chi connectivity index (χ0n) is 9.61. The Morgan fingerprint density at radius 3 is 2.80 bits per heavy atom. The number of nitrogens with zero attached hydrogens (tertiary/aromatic N) is 3. The fourth-order valence-corrected chi connectivity index (χ4v) is 2.26. The van der Waals surface area contributed by atoms with Crippen molar-refractivity contribution in [1.82, 2.24) is 14.8 Å². The average molecular weight is 208 g/mol. The fraction of sp³-hybridized carbons (Fsp3) is 0.818. The number of hydrogen-bond acceptors (Lipinski definition) is 3. The van der Waals surface area contributed by atoms with Crippen LogP contribution in [0.15, 0.2) is 6.33 Å². The van der Waals surface area contributed by atoms with Gasteiger partial charge in [-0.25, -0.2) is 0 Å². The van der Waals surface area contributed by atoms with Gasteiger partial charge in [-0.05, 0) is 26.2 Å². The standard InChI is InChI=1S/C11H20N4/c1-3-11(2,12)10-14-13-8-15(10)9-6-4-5-7-9/h8-9H,3-7,12H2,1-2H3. The van der Waals surface area contributed by atoms with Gasteiger partial charge in [-0.1, -0.05) is 19.8 Å². The van der Waals surface area contributed by atoms with Gasteiger partial charge < -0.3 is 10.3 Å². The van der Waals surface area contributed by atoms with E-state index in [-0.39, 0.29) is 5.54 Å². The molecule has 0 amide bonds. The Balaban J connectivity index is 2.28. The second-order valence-electron chi connectivity index (χ2n) is 4.77. The summed E-state index contributed by atoms with van der Waals surface area (Å²) < 4.78 is 2.19. The molecule has 1 fully saturated rings. The quantitative estimate of drug-likeness (QED) is 0.826. The van der Waals surface area contributed by atoms with Crippen LogP contribution in [0.5, 0.6) is 0 Å². The molecule has 1 heterocycles. The highest BCUT2D eigenvalue weighted by molar-refractivity contribution is 5.04. The normalized spacial score (nSPS) is 21.8. The van der Waals surface area contributed by atoms with Crippen LogP contribution < -0.4 is 5.73 Å². The highest BCUT2D eigenvalue weighted by Gasteiger charge is 2.28. The topological polar surface area (TPSA) is 56.7 Å². The fourth-order valence-electron chi connectivity index (χ4n) is 2.26. The smallest absolute Gasteiger partial charge is 0.152 e. The molecule has 0 spiro atoms. The Kier molecular flexibility index (Phi) is 2.78. The molecule has 1 aromatic heterocycles. The van der Waals surface area contributed by atoms with E-state index in [0.29, 0.717) is 6.04 Å². The van der Waals surface area contributed by atoms with Gasteiger partial charge in [-0.3, -0.25) is 0 Å². The van der Waals surface area contributed by atoms with Gasteiger partial charge in [0.1, 0.15) is 6.33 Å². The zero-order chi connectivity index (χ0) is 10.9. The van der Waals surface area contributed by atoms with Crippen LogP contribution in [0.25, 0.3) is 0 Å². The van der Waals surface area contributed by atoms with Gasteiger partial charge in [0, 0.05) is 6.04 Å². The lowest BCUT2D eigenvalue weighted by molar-refractivity contribution is 0.389. The monoisotopic (exact) mass is 208 g/mol. The van der Waals surface area contributed by atoms with E-state index in [1.807, 2.05) is 13.3 Å². The Morgan fingerprint density at radius 1 is 1.53 bits per heavy atom. The van der Waals surface area contributed by atoms with E-state index in [9.17, 15) is 0 Å². The van der Waals surface area contributed by atoms with E-state index >= 15 is 0 Å². The molecule has 1 atom stereocenters. The molecule has 2 N–H and O–H groups in total. The van der Waals surface area contributed by atoms with E-state index in [4.69, 9.17) is 5.73 Å². The predicted molar refractivity (Wildman–Crippen MR) is 59.4 cm³/mol. The third kappa shape index (κ3) is 1.91. The van der Waals surface area contributed by atoms with Crippen molar-refractivity contribution in [2.75, 3.05) is 0 Å². The maximum Gasteiger partial charge on any atom is 0.152 e. The van der Waals surface area contributed by atoms with Crippen LogP contribution in [0, 0.1) is 0 Å². The molecule has 84 valence electrons. The maximum atomic E-state index is 6.23. The van der Waals surface area contributed by atoms with Crippen molar-refractivity contribution >= 4 is 0 Å². The summed E-state index contributed by atoms with van der Waals surface area (Å²) in [5.41, 5.74) is 5.88. The molecule has 0 saturated heterocycles. The van der Waals surface area contributed by atoms with Gasteiger partial charge >= 0.3 is 0 Å². The molecule has 1 unspecified atom stereocenters. The number of hydrogen-bond donors (Lipinski definition) is 1. The lowest BCUT2D eigenvalue weighted by atomic mass is 9.99. The van der Waals surface area contributed by atoms with Crippen LogP contribution in [0.1, 0.15) is 57.8 Å². The summed E-state index contributed by atoms with van der Waals surface area (Å²) in [6.45, 7) is 4.12. The minimum Gasteiger partial charge on any atom is -0.319 e. The molecular formula is C11H20N4. The van der Waals surface area contributed by atoms with Crippen LogP contribution in [0.3, 0.4) is 0 Å². The molecule has 0 aliphatic heterocycles. The van der Waals surface area contributed by atoms with E-state index in [2.05, 4.69) is 21.7 Å². The number of aromatic nitrogens is 3. The largest absolute Gasteiger partial charge is 0.319 e. The summed E-state index contributed by atoms with van der Waals surface area (Å²) in [5.74, 6) is 0.942. The molecule has 1 aromatic rings. The first-order valence-electron chi connectivity index (χ1n) is 5.84. The second kappa shape index (κ2) is 3.93. The molecule has 2 rings (SSSR count). The van der Waals surface area contributed by atoms with Crippen molar-refractivity contribution < 1.29 is 0 Å². The molecule has 15 heavy (non-hydrogen) atoms. The van der Waals surface area contributed by atoms with E-state index in [0.717, 1.165) is 12.2 Å². The van der Waals surface area contributed by atoms with Gasteiger partial charge in [-0.2, -0.15) is 0 Å². The van der Waals surface area contributed by atoms with Crippen molar-refractivity contribution in [2.45, 2.75) is 57.5 Å². The summed E-state index contributed by atoms with van der Waals surface area (Å²) in [5, 5.41) is 8.21. The van der Waals surface area contributed by atoms with Crippen molar-refractivity contribution in [3.8, 4) is 0 Å². The van der Waals surface area contributed by atoms with Crippen LogP contribution in [0.4, 0.5) is 0 Å². The van der Waals surface area contributed by atoms with Crippen molar-refractivity contribution in [3.63, 3.8) is 0 Å². The van der Waals surface area contributed by atoms with E-state index in [1.54, 1.807) is 0 Å². The first-order chi connectivity index (χ1) is 7.15. The summed E-state index contributed by atoms with van der Waals surface area (Å²) in [6.07, 6.45) is 7.84. The molecule has 0 bridgehead atoms. The van der Waals surface area contributed by atoms with Gasteiger partial charge in [0.25, 0.3) is 0 Å². The highest BCUT2D eigenvalue weighted by atomic mass is 15.3. The van der Waals surface area contributed by atoms with Gasteiger partial charge in [-0.15, -0.1) is 10.2 Å². The Bertz CT molecular complexity index is 323. The molecule has 0 radical (unpaired) electrons. The van der Waals surface area contributed by atoms with Crippen LogP contribution in [-0.4, -0.2) is 14.8 Å². The number of nitrogens with two attached hydrogens (primary N) is 1. The van der Waals surface area contributed by atoms with Crippen LogP contribution >= 0.6 is 0 Å². The average Bonchev–Trinajstić information content (AvgIpc) is 2.87. The Morgan fingerprint density at radius 2 is 2.20 bits per heavy atom. The number of rotatable bonds is 3. The van der Waals surface area contributed by atoms with Crippen molar-refractivity contribution in [3.05, 3.63) is 12.2 Å². The van der Waals surface area contributed by atoms with Crippen LogP contribution in [-0.2, 0) is 5.54 Å². The Labute approximate surface area is 90.9 Å². The third-order valence-electron chi connectivity index (χ3n) is 3.54. The molecule has 1 aliphatic rings. The summed E-state index contributed by atoms with van der Waals surface area (Å²) in [6, 6.07) is 0.574. The second-order valence-corrected chi connectivity index (χ2v) is 4.77. The van der Waals surface area contributed by atoms with Crippen molar-refractivity contribution in [1.29, 1.82) is 0 Å². The lowest BCUT2D eigenvalue weighted by Crippen LogP contribution is -2.36. The molecular weight excluding hydrogens is 188 g/mol. The summed E-state index contributed by atoms with van der Waals surface area (Å²) in [4.78, 5) is 0. The van der Waals surface area contributed by atoms with Gasteiger partial charge in [0.2, 0.25) is 0 Å². The minimum atomic E-state index is -0.348. The molecule has 4 nitrogen and oxygen atoms in total. The minimum absolute atomic E-state index is 0.348. The van der Waals surface area contributed by atoms with Crippen LogP contribution in [0.2, 0.25) is 0 Å². The maximum absolute atomic E-state index is 6.23. The first-order valence-corrected chi connectivity index (χ1v) is 5.84. The van der Waals surface area contributed by atoms with Gasteiger partial charge in [0.15, 0.2) is 5.82 Å². The van der Waals surface area contributed by atoms with Crippen molar-refractivity contribution in [2.24, 2.45) is 5.73 Å². The summed E-state index contributed by atoms with van der Waals surface area (Å²) >= 11 is 0. The molecule has 4 heteroatoms. The van der Waals surface area contributed by atoms with E-state index < -0.39 is 0 Å². The zero-order valence-corrected chi connectivity index (χ0v) is 9.61. The molecule has 1 saturated carbocycles. The molecule has 0 aromatic carbocycles. The van der Waals surface area contributed by atoms with Gasteiger partial charge in [0.05, 0.1) is 5.54 Å². The van der Waals surface area contributed by atoms with E-state index in [1.165, 1.54) is 25.7 Å². The third-order valence-corrected chi connectivity index (χ3v) is 3.54. The summed E-state index contributed by atoms with van der Waals surface area (Å²) in [7, 11) is 0. The first kappa shape index (κ1) is 10.6. The SMILES string of the molecule is CCC(C)(N)c1nncn1C1CCCC1. The highest BCUT2D eigenvalue weighted by Crippen LogP contribution is 2.32. The predicted octanol–water partition coefficient (Wildman–Crippen LogP) is 1.98. The molecule has 1 aliphatic carbocycles. The Hall–Kier alpha value is -0.900.